The van der Waals surface area contributed by atoms with Gasteiger partial charge in [0.15, 0.2) is 0 Å². The highest BCUT2D eigenvalue weighted by atomic mass is 16.1. The summed E-state index contributed by atoms with van der Waals surface area (Å²) in [7, 11) is 0. The van der Waals surface area contributed by atoms with Crippen LogP contribution < -0.4 is 5.32 Å². The predicted molar refractivity (Wildman–Crippen MR) is 93.6 cm³/mol. The Bertz CT molecular complexity index is 663. The number of amides is 1. The molecule has 1 aliphatic carbocycles. The zero-order valence-electron chi connectivity index (χ0n) is 14.5. The molecule has 1 aromatic heterocycles. The van der Waals surface area contributed by atoms with E-state index in [9.17, 15) is 4.79 Å². The van der Waals surface area contributed by atoms with Crippen molar-refractivity contribution in [3.05, 3.63) is 48.0 Å². The van der Waals surface area contributed by atoms with Crippen LogP contribution in [0.15, 0.2) is 36.7 Å². The second kappa shape index (κ2) is 7.60. The summed E-state index contributed by atoms with van der Waals surface area (Å²) >= 11 is 0. The molecule has 1 saturated carbocycles. The molecule has 1 fully saturated rings. The maximum atomic E-state index is 12.7. The first kappa shape index (κ1) is 16.7. The lowest BCUT2D eigenvalue weighted by Crippen LogP contribution is -2.34. The van der Waals surface area contributed by atoms with Crippen molar-refractivity contribution in [3.63, 3.8) is 0 Å². The highest BCUT2D eigenvalue weighted by Crippen LogP contribution is 2.35. The third-order valence-electron chi connectivity index (χ3n) is 4.89. The monoisotopic (exact) mass is 326 g/mol. The Morgan fingerprint density at radius 3 is 2.75 bits per heavy atom. The van der Waals surface area contributed by atoms with E-state index in [1.165, 1.54) is 12.8 Å². The molecule has 1 heterocycles. The van der Waals surface area contributed by atoms with E-state index >= 15 is 0 Å². The lowest BCUT2D eigenvalue weighted by molar-refractivity contribution is -0.123. The van der Waals surface area contributed by atoms with Gasteiger partial charge in [-0.05, 0) is 24.3 Å². The van der Waals surface area contributed by atoms with Gasteiger partial charge in [0.25, 0.3) is 0 Å². The first-order chi connectivity index (χ1) is 11.7. The van der Waals surface area contributed by atoms with Crippen LogP contribution in [0.4, 0.5) is 0 Å². The van der Waals surface area contributed by atoms with E-state index in [1.54, 1.807) is 6.33 Å². The number of hydrogen-bond acceptors (Lipinski definition) is 3. The van der Waals surface area contributed by atoms with Crippen LogP contribution in [0, 0.1) is 5.92 Å². The summed E-state index contributed by atoms with van der Waals surface area (Å²) < 4.78 is 2.15. The minimum Gasteiger partial charge on any atom is -0.355 e. The van der Waals surface area contributed by atoms with Gasteiger partial charge in [0.2, 0.25) is 5.91 Å². The summed E-state index contributed by atoms with van der Waals surface area (Å²) in [5.74, 6) is 1.28. The molecule has 24 heavy (non-hydrogen) atoms. The minimum absolute atomic E-state index is 0.0995. The van der Waals surface area contributed by atoms with Crippen molar-refractivity contribution in [2.24, 2.45) is 5.92 Å². The van der Waals surface area contributed by atoms with E-state index in [4.69, 9.17) is 0 Å². The summed E-state index contributed by atoms with van der Waals surface area (Å²) in [5, 5.41) is 11.3. The average molecular weight is 326 g/mol. The summed E-state index contributed by atoms with van der Waals surface area (Å²) in [6.07, 6.45) is 5.93. The molecular weight excluding hydrogens is 300 g/mol. The number of carbonyl (C=O) groups excluding carboxylic acids is 1. The highest BCUT2D eigenvalue weighted by Gasteiger charge is 2.27. The molecule has 5 heteroatoms. The first-order valence-electron chi connectivity index (χ1n) is 8.91. The van der Waals surface area contributed by atoms with Crippen molar-refractivity contribution in [2.45, 2.75) is 51.5 Å². The number of benzene rings is 1. The van der Waals surface area contributed by atoms with Crippen LogP contribution in [-0.2, 0) is 11.2 Å². The Balaban J connectivity index is 1.60. The van der Waals surface area contributed by atoms with E-state index in [0.717, 1.165) is 24.2 Å². The zero-order chi connectivity index (χ0) is 16.9. The van der Waals surface area contributed by atoms with Gasteiger partial charge in [-0.25, -0.2) is 0 Å². The summed E-state index contributed by atoms with van der Waals surface area (Å²) in [4.78, 5) is 12.7. The van der Waals surface area contributed by atoms with Crippen LogP contribution in [0.5, 0.6) is 0 Å². The van der Waals surface area contributed by atoms with Crippen molar-refractivity contribution >= 4 is 5.91 Å². The standard InChI is InChI=1S/C19H26N4O/c1-3-14(2)18(15-7-5-4-6-8-15)19(24)20-12-11-17-22-21-13-23(17)16-9-10-16/h4-8,13-14,16,18H,3,9-12H2,1-2H3,(H,20,24)/t14-,18-/m1/s1. The predicted octanol–water partition coefficient (Wildman–Crippen LogP) is 3.10. The van der Waals surface area contributed by atoms with Crippen molar-refractivity contribution in [2.75, 3.05) is 6.54 Å². The van der Waals surface area contributed by atoms with E-state index in [-0.39, 0.29) is 11.8 Å². The van der Waals surface area contributed by atoms with Gasteiger partial charge in [0, 0.05) is 19.0 Å². The normalized spacial score (nSPS) is 16.6. The van der Waals surface area contributed by atoms with Crippen LogP contribution in [0.3, 0.4) is 0 Å². The van der Waals surface area contributed by atoms with Gasteiger partial charge in [-0.3, -0.25) is 4.79 Å². The lowest BCUT2D eigenvalue weighted by atomic mass is 9.85. The van der Waals surface area contributed by atoms with Crippen LogP contribution in [-0.4, -0.2) is 27.2 Å². The fourth-order valence-electron chi connectivity index (χ4n) is 3.15. The molecule has 0 unspecified atom stereocenters. The van der Waals surface area contributed by atoms with Gasteiger partial charge in [0.05, 0.1) is 5.92 Å². The van der Waals surface area contributed by atoms with Gasteiger partial charge in [-0.15, -0.1) is 10.2 Å². The maximum absolute atomic E-state index is 12.7. The van der Waals surface area contributed by atoms with Crippen LogP contribution in [0.1, 0.15) is 56.5 Å². The zero-order valence-corrected chi connectivity index (χ0v) is 14.5. The Kier molecular flexibility index (Phi) is 5.28. The van der Waals surface area contributed by atoms with Crippen molar-refractivity contribution in [1.29, 1.82) is 0 Å². The first-order valence-corrected chi connectivity index (χ1v) is 8.91. The third-order valence-corrected chi connectivity index (χ3v) is 4.89. The Morgan fingerprint density at radius 1 is 1.33 bits per heavy atom. The molecule has 1 N–H and O–H groups in total. The average Bonchev–Trinajstić information content (AvgIpc) is 3.35. The van der Waals surface area contributed by atoms with Gasteiger partial charge < -0.3 is 9.88 Å². The maximum Gasteiger partial charge on any atom is 0.227 e. The molecule has 2 atom stereocenters. The van der Waals surface area contributed by atoms with Crippen LogP contribution in [0.2, 0.25) is 0 Å². The number of nitrogens with one attached hydrogen (secondary N) is 1. The largest absolute Gasteiger partial charge is 0.355 e. The molecule has 0 spiro atoms. The molecule has 1 aliphatic rings. The summed E-state index contributed by atoms with van der Waals surface area (Å²) in [6.45, 7) is 4.87. The van der Waals surface area contributed by atoms with Gasteiger partial charge >= 0.3 is 0 Å². The summed E-state index contributed by atoms with van der Waals surface area (Å²) in [6, 6.07) is 10.6. The van der Waals surface area contributed by atoms with Crippen molar-refractivity contribution in [1.82, 2.24) is 20.1 Å². The SMILES string of the molecule is CC[C@@H](C)[C@@H](C(=O)NCCc1nncn1C1CC1)c1ccccc1. The number of carbonyl (C=O) groups is 1. The number of hydrogen-bond donors (Lipinski definition) is 1. The Labute approximate surface area is 143 Å². The van der Waals surface area contributed by atoms with Gasteiger partial charge in [0.1, 0.15) is 12.2 Å². The molecule has 3 rings (SSSR count). The molecule has 0 bridgehead atoms. The minimum atomic E-state index is -0.0995. The van der Waals surface area contributed by atoms with Crippen LogP contribution in [0.25, 0.3) is 0 Å². The lowest BCUT2D eigenvalue weighted by Gasteiger charge is -2.22. The second-order valence-corrected chi connectivity index (χ2v) is 6.70. The van der Waals surface area contributed by atoms with E-state index in [2.05, 4.69) is 33.9 Å². The fourth-order valence-corrected chi connectivity index (χ4v) is 3.15. The highest BCUT2D eigenvalue weighted by molar-refractivity contribution is 5.83. The van der Waals surface area contributed by atoms with Gasteiger partial charge in [-0.1, -0.05) is 50.6 Å². The number of aromatic nitrogens is 3. The second-order valence-electron chi connectivity index (χ2n) is 6.70. The van der Waals surface area contributed by atoms with E-state index in [0.29, 0.717) is 18.5 Å². The Morgan fingerprint density at radius 2 is 2.08 bits per heavy atom. The van der Waals surface area contributed by atoms with Crippen LogP contribution >= 0.6 is 0 Å². The molecule has 128 valence electrons. The fraction of sp³-hybridized carbons (Fsp3) is 0.526. The number of nitrogens with zero attached hydrogens (tertiary/aromatic N) is 3. The number of rotatable bonds is 8. The molecule has 1 aromatic carbocycles. The van der Waals surface area contributed by atoms with Crippen molar-refractivity contribution < 1.29 is 4.79 Å². The molecule has 1 amide bonds. The topological polar surface area (TPSA) is 59.8 Å². The smallest absolute Gasteiger partial charge is 0.227 e. The Hall–Kier alpha value is -2.17. The van der Waals surface area contributed by atoms with Crippen molar-refractivity contribution in [3.8, 4) is 0 Å². The van der Waals surface area contributed by atoms with E-state index < -0.39 is 0 Å². The van der Waals surface area contributed by atoms with E-state index in [1.807, 2.05) is 30.3 Å². The quantitative estimate of drug-likeness (QED) is 0.811. The molecule has 2 aromatic rings. The molecule has 5 nitrogen and oxygen atoms in total. The molecular formula is C19H26N4O. The molecule has 0 aliphatic heterocycles. The molecule has 0 saturated heterocycles. The third kappa shape index (κ3) is 3.83. The summed E-state index contributed by atoms with van der Waals surface area (Å²) in [5.41, 5.74) is 1.09. The van der Waals surface area contributed by atoms with Gasteiger partial charge in [-0.2, -0.15) is 0 Å². The molecule has 0 radical (unpaired) electrons.